The van der Waals surface area contributed by atoms with Crippen LogP contribution in [-0.4, -0.2) is 86.9 Å². The number of rotatable bonds is 16. The highest BCUT2D eigenvalue weighted by Gasteiger charge is 2.30. The molecule has 0 radical (unpaired) electrons. The molecular weight excluding hydrogens is 512 g/mol. The molecule has 0 aromatic heterocycles. The number of nitrogens with one attached hydrogen (secondary N) is 3. The summed E-state index contributed by atoms with van der Waals surface area (Å²) < 4.78 is 0. The van der Waals surface area contributed by atoms with Crippen molar-refractivity contribution in [3.8, 4) is 5.75 Å². The Morgan fingerprint density at radius 2 is 1.47 bits per heavy atom. The lowest BCUT2D eigenvalue weighted by atomic mass is 10.0. The third kappa shape index (κ3) is 11.2. The molecule has 0 aliphatic carbocycles. The van der Waals surface area contributed by atoms with Gasteiger partial charge in [-0.2, -0.15) is 24.4 Å². The normalized spacial score (nSPS) is 14.1. The second-order valence-electron chi connectivity index (χ2n) is 7.90. The fourth-order valence-electron chi connectivity index (χ4n) is 3.00. The van der Waals surface area contributed by atoms with Gasteiger partial charge in [0.25, 0.3) is 0 Å². The standard InChI is InChI=1S/C22H32N4O8S2/c1-36-9-8-15(22(33)34)24-21(32)17(11-35)26-20(31)16(10-12-2-4-13(27)5-3-12)25-19(30)14(23)6-7-18(28)29/h2-5,14-17,27,35H,6-11,23H2,1H3,(H,24,32)(H,25,30)(H,26,31)(H,28,29)(H,33,34). The molecule has 0 saturated heterocycles. The van der Waals surface area contributed by atoms with Crippen LogP contribution in [0.4, 0.5) is 0 Å². The van der Waals surface area contributed by atoms with E-state index in [1.807, 2.05) is 0 Å². The molecule has 36 heavy (non-hydrogen) atoms. The number of hydrogen-bond donors (Lipinski definition) is 8. The van der Waals surface area contributed by atoms with Gasteiger partial charge in [-0.1, -0.05) is 12.1 Å². The minimum absolute atomic E-state index is 0.000691. The number of carbonyl (C=O) groups excluding carboxylic acids is 3. The van der Waals surface area contributed by atoms with Crippen LogP contribution in [0, 0.1) is 0 Å². The lowest BCUT2D eigenvalue weighted by molar-refractivity contribution is -0.142. The lowest BCUT2D eigenvalue weighted by Gasteiger charge is -2.24. The molecule has 4 atom stereocenters. The molecule has 0 aliphatic heterocycles. The number of aliphatic carboxylic acids is 2. The molecule has 200 valence electrons. The summed E-state index contributed by atoms with van der Waals surface area (Å²) in [7, 11) is 0. The number of carbonyl (C=O) groups is 5. The van der Waals surface area contributed by atoms with E-state index < -0.39 is 53.8 Å². The minimum Gasteiger partial charge on any atom is -0.508 e. The monoisotopic (exact) mass is 544 g/mol. The van der Waals surface area contributed by atoms with Gasteiger partial charge in [-0.3, -0.25) is 19.2 Å². The molecule has 14 heteroatoms. The van der Waals surface area contributed by atoms with Gasteiger partial charge in [-0.25, -0.2) is 4.79 Å². The Bertz CT molecular complexity index is 916. The Morgan fingerprint density at radius 1 is 0.917 bits per heavy atom. The topological polar surface area (TPSA) is 208 Å². The molecule has 0 fully saturated rings. The predicted molar refractivity (Wildman–Crippen MR) is 137 cm³/mol. The number of carboxylic acid groups (broad SMARTS) is 2. The highest BCUT2D eigenvalue weighted by atomic mass is 32.2. The van der Waals surface area contributed by atoms with Crippen LogP contribution in [0.25, 0.3) is 0 Å². The Hall–Kier alpha value is -2.97. The third-order valence-corrected chi connectivity index (χ3v) is 6.07. The Balaban J connectivity index is 2.99. The molecule has 0 spiro atoms. The summed E-state index contributed by atoms with van der Waals surface area (Å²) in [6.45, 7) is 0. The number of phenols is 1. The molecule has 1 rings (SSSR count). The number of phenolic OH excluding ortho intramolecular Hbond substituents is 1. The van der Waals surface area contributed by atoms with Crippen molar-refractivity contribution in [1.29, 1.82) is 0 Å². The van der Waals surface area contributed by atoms with Crippen molar-refractivity contribution in [2.75, 3.05) is 17.8 Å². The summed E-state index contributed by atoms with van der Waals surface area (Å²) in [6.07, 6.45) is 1.46. The molecule has 0 saturated carbocycles. The van der Waals surface area contributed by atoms with Crippen LogP contribution in [0.3, 0.4) is 0 Å². The summed E-state index contributed by atoms with van der Waals surface area (Å²) in [5, 5.41) is 35.0. The molecule has 8 N–H and O–H groups in total. The van der Waals surface area contributed by atoms with Crippen molar-refractivity contribution in [3.63, 3.8) is 0 Å². The summed E-state index contributed by atoms with van der Waals surface area (Å²) in [6, 6.07) is 1.13. The van der Waals surface area contributed by atoms with Gasteiger partial charge in [0, 0.05) is 18.6 Å². The first kappa shape index (κ1) is 31.1. The summed E-state index contributed by atoms with van der Waals surface area (Å²) >= 11 is 5.50. The number of aromatic hydroxyl groups is 1. The van der Waals surface area contributed by atoms with Crippen LogP contribution in [0.5, 0.6) is 5.75 Å². The number of thioether (sulfide) groups is 1. The van der Waals surface area contributed by atoms with Crippen LogP contribution in [0.1, 0.15) is 24.8 Å². The van der Waals surface area contributed by atoms with Crippen LogP contribution >= 0.6 is 24.4 Å². The van der Waals surface area contributed by atoms with Crippen LogP contribution in [-0.2, 0) is 30.4 Å². The zero-order valence-electron chi connectivity index (χ0n) is 19.7. The van der Waals surface area contributed by atoms with Gasteiger partial charge >= 0.3 is 11.9 Å². The molecule has 12 nitrogen and oxygen atoms in total. The van der Waals surface area contributed by atoms with Crippen LogP contribution in [0.15, 0.2) is 24.3 Å². The largest absolute Gasteiger partial charge is 0.508 e. The number of benzene rings is 1. The first-order chi connectivity index (χ1) is 17.0. The smallest absolute Gasteiger partial charge is 0.326 e. The fourth-order valence-corrected chi connectivity index (χ4v) is 3.73. The van der Waals surface area contributed by atoms with Gasteiger partial charge < -0.3 is 37.0 Å². The van der Waals surface area contributed by atoms with Crippen molar-refractivity contribution in [2.24, 2.45) is 5.73 Å². The van der Waals surface area contributed by atoms with E-state index in [2.05, 4.69) is 28.6 Å². The maximum atomic E-state index is 13.1. The van der Waals surface area contributed by atoms with Gasteiger partial charge in [0.15, 0.2) is 0 Å². The fraction of sp³-hybridized carbons (Fsp3) is 0.500. The predicted octanol–water partition coefficient (Wildman–Crippen LogP) is -0.651. The third-order valence-electron chi connectivity index (χ3n) is 5.06. The van der Waals surface area contributed by atoms with Crippen LogP contribution in [0.2, 0.25) is 0 Å². The second kappa shape index (κ2) is 15.9. The van der Waals surface area contributed by atoms with E-state index in [4.69, 9.17) is 10.8 Å². The number of thiol groups is 1. The molecular formula is C22H32N4O8S2. The zero-order chi connectivity index (χ0) is 27.3. The quantitative estimate of drug-likeness (QED) is 0.123. The summed E-state index contributed by atoms with van der Waals surface area (Å²) in [5.74, 6) is -4.26. The lowest BCUT2D eigenvalue weighted by Crippen LogP contribution is -2.58. The van der Waals surface area contributed by atoms with E-state index in [9.17, 15) is 34.2 Å². The van der Waals surface area contributed by atoms with E-state index in [0.717, 1.165) is 0 Å². The second-order valence-corrected chi connectivity index (χ2v) is 9.25. The maximum absolute atomic E-state index is 13.1. The van der Waals surface area contributed by atoms with E-state index in [1.165, 1.54) is 36.0 Å². The van der Waals surface area contributed by atoms with Crippen molar-refractivity contribution in [2.45, 2.75) is 49.9 Å². The van der Waals surface area contributed by atoms with E-state index >= 15 is 0 Å². The molecule has 0 heterocycles. The first-order valence-electron chi connectivity index (χ1n) is 11.0. The zero-order valence-corrected chi connectivity index (χ0v) is 21.4. The number of nitrogens with two attached hydrogens (primary N) is 1. The highest BCUT2D eigenvalue weighted by molar-refractivity contribution is 7.98. The van der Waals surface area contributed by atoms with Crippen molar-refractivity contribution < 1.29 is 39.3 Å². The highest BCUT2D eigenvalue weighted by Crippen LogP contribution is 2.12. The first-order valence-corrected chi connectivity index (χ1v) is 13.0. The minimum atomic E-state index is -1.21. The SMILES string of the molecule is CSCCC(NC(=O)C(CS)NC(=O)C(Cc1ccc(O)cc1)NC(=O)C(N)CCC(=O)O)C(=O)O. The van der Waals surface area contributed by atoms with Crippen molar-refractivity contribution in [3.05, 3.63) is 29.8 Å². The number of amides is 3. The molecule has 4 unspecified atom stereocenters. The average Bonchev–Trinajstić information content (AvgIpc) is 2.83. The van der Waals surface area contributed by atoms with E-state index in [1.54, 1.807) is 6.26 Å². The van der Waals surface area contributed by atoms with Gasteiger partial charge in [0.2, 0.25) is 17.7 Å². The van der Waals surface area contributed by atoms with Crippen molar-refractivity contribution in [1.82, 2.24) is 16.0 Å². The van der Waals surface area contributed by atoms with Crippen LogP contribution < -0.4 is 21.7 Å². The Labute approximate surface area is 218 Å². The van der Waals surface area contributed by atoms with Gasteiger partial charge in [-0.05, 0) is 42.5 Å². The molecule has 3 amide bonds. The average molecular weight is 545 g/mol. The molecule has 0 bridgehead atoms. The van der Waals surface area contributed by atoms with Gasteiger partial charge in [-0.15, -0.1) is 0 Å². The number of hydrogen-bond acceptors (Lipinski definition) is 9. The summed E-state index contributed by atoms with van der Waals surface area (Å²) in [4.78, 5) is 60.4. The molecule has 0 aliphatic rings. The van der Waals surface area contributed by atoms with E-state index in [0.29, 0.717) is 11.3 Å². The van der Waals surface area contributed by atoms with Gasteiger partial charge in [0.1, 0.15) is 23.9 Å². The number of carboxylic acids is 2. The van der Waals surface area contributed by atoms with E-state index in [-0.39, 0.29) is 37.2 Å². The Morgan fingerprint density at radius 3 is 2.00 bits per heavy atom. The van der Waals surface area contributed by atoms with Gasteiger partial charge in [0.05, 0.1) is 6.04 Å². The van der Waals surface area contributed by atoms with Crippen molar-refractivity contribution >= 4 is 54.1 Å². The summed E-state index contributed by atoms with van der Waals surface area (Å²) in [5.41, 5.74) is 6.32. The maximum Gasteiger partial charge on any atom is 0.326 e. The Kier molecular flexibility index (Phi) is 13.7. The molecule has 1 aromatic rings. The molecule has 1 aromatic carbocycles.